The van der Waals surface area contributed by atoms with Gasteiger partial charge in [-0.1, -0.05) is 6.07 Å². The summed E-state index contributed by atoms with van der Waals surface area (Å²) in [4.78, 5) is 11.8. The molecule has 0 fully saturated rings. The van der Waals surface area contributed by atoms with E-state index in [1.807, 2.05) is 18.2 Å². The lowest BCUT2D eigenvalue weighted by atomic mass is 10.2. The predicted molar refractivity (Wildman–Crippen MR) is 114 cm³/mol. The highest BCUT2D eigenvalue weighted by Crippen LogP contribution is 2.32. The van der Waals surface area contributed by atoms with Crippen LogP contribution in [0.5, 0.6) is 11.5 Å². The number of rotatable bonds is 8. The first-order valence-corrected chi connectivity index (χ1v) is 11.2. The van der Waals surface area contributed by atoms with Crippen molar-refractivity contribution in [2.75, 3.05) is 13.3 Å². The molecular weight excluding hydrogens is 447 g/mol. The number of carbonyl (C=O) groups is 1. The molecule has 0 radical (unpaired) electrons. The van der Waals surface area contributed by atoms with Gasteiger partial charge in [0, 0.05) is 19.5 Å². The molecule has 166 valence electrons. The monoisotopic (exact) mass is 468 g/mol. The fraction of sp³-hybridized carbons (Fsp3) is 0.263. The van der Waals surface area contributed by atoms with Gasteiger partial charge in [0.2, 0.25) is 22.7 Å². The fourth-order valence-electron chi connectivity index (χ4n) is 2.62. The van der Waals surface area contributed by atoms with Gasteiger partial charge in [-0.05, 0) is 60.6 Å². The number of sulfonamides is 1. The third kappa shape index (κ3) is 6.77. The molecule has 0 aromatic heterocycles. The maximum atomic E-state index is 12.9. The lowest BCUT2D eigenvalue weighted by molar-refractivity contribution is -0.121. The van der Waals surface area contributed by atoms with Crippen LogP contribution in [0, 0.1) is 5.82 Å². The average Bonchev–Trinajstić information content (AvgIpc) is 3.22. The zero-order chi connectivity index (χ0) is 22.3. The summed E-state index contributed by atoms with van der Waals surface area (Å²) >= 11 is 5.11. The van der Waals surface area contributed by atoms with Gasteiger partial charge in [0.05, 0.1) is 4.90 Å². The minimum Gasteiger partial charge on any atom is -0.454 e. The van der Waals surface area contributed by atoms with Crippen molar-refractivity contribution in [2.45, 2.75) is 24.3 Å². The van der Waals surface area contributed by atoms with Crippen LogP contribution in [0.25, 0.3) is 0 Å². The zero-order valence-corrected chi connectivity index (χ0v) is 17.9. The van der Waals surface area contributed by atoms with Crippen molar-refractivity contribution in [3.63, 3.8) is 0 Å². The third-order valence-electron chi connectivity index (χ3n) is 4.20. The van der Waals surface area contributed by atoms with Crippen molar-refractivity contribution >= 4 is 33.3 Å². The molecule has 0 unspecified atom stereocenters. The highest BCUT2D eigenvalue weighted by molar-refractivity contribution is 7.89. The second kappa shape index (κ2) is 10.4. The van der Waals surface area contributed by atoms with Gasteiger partial charge >= 0.3 is 0 Å². The Morgan fingerprint density at radius 1 is 1.06 bits per heavy atom. The highest BCUT2D eigenvalue weighted by atomic mass is 32.2. The molecule has 2 aromatic rings. The maximum absolute atomic E-state index is 12.9. The first-order chi connectivity index (χ1) is 14.8. The fourth-order valence-corrected chi connectivity index (χ4v) is 3.82. The average molecular weight is 469 g/mol. The summed E-state index contributed by atoms with van der Waals surface area (Å²) in [6, 6.07) is 9.99. The summed E-state index contributed by atoms with van der Waals surface area (Å²) in [5.74, 6) is 0.484. The molecule has 0 atom stereocenters. The van der Waals surface area contributed by atoms with Gasteiger partial charge in [-0.3, -0.25) is 15.6 Å². The number of halogens is 1. The summed E-state index contributed by atoms with van der Waals surface area (Å²) in [6.45, 7) is 0.676. The Morgan fingerprint density at radius 3 is 2.58 bits per heavy atom. The number of hydrogen-bond acceptors (Lipinski definition) is 6. The second-order valence-electron chi connectivity index (χ2n) is 6.50. The topological polar surface area (TPSA) is 118 Å². The van der Waals surface area contributed by atoms with Gasteiger partial charge in [-0.25, -0.2) is 17.5 Å². The lowest BCUT2D eigenvalue weighted by Gasteiger charge is -2.12. The molecule has 0 spiro atoms. The molecule has 0 aliphatic carbocycles. The van der Waals surface area contributed by atoms with E-state index in [-0.39, 0.29) is 42.1 Å². The number of hydrazine groups is 1. The Kier molecular flexibility index (Phi) is 7.60. The van der Waals surface area contributed by atoms with Crippen molar-refractivity contribution in [2.24, 2.45) is 0 Å². The summed E-state index contributed by atoms with van der Waals surface area (Å²) in [6.07, 6.45) is 0.342. The molecule has 1 aliphatic rings. The van der Waals surface area contributed by atoms with Crippen LogP contribution >= 0.6 is 12.2 Å². The van der Waals surface area contributed by atoms with Gasteiger partial charge in [-0.15, -0.1) is 0 Å². The van der Waals surface area contributed by atoms with E-state index in [2.05, 4.69) is 20.9 Å². The number of thiocarbonyl (C=S) groups is 1. The Balaban J connectivity index is 1.31. The minimum absolute atomic E-state index is 0.0427. The van der Waals surface area contributed by atoms with E-state index in [1.165, 1.54) is 12.1 Å². The summed E-state index contributed by atoms with van der Waals surface area (Å²) in [5.41, 5.74) is 5.95. The molecule has 31 heavy (non-hydrogen) atoms. The molecule has 1 aliphatic heterocycles. The smallest absolute Gasteiger partial charge is 0.240 e. The van der Waals surface area contributed by atoms with Crippen molar-refractivity contribution in [1.29, 1.82) is 0 Å². The Bertz CT molecular complexity index is 1050. The van der Waals surface area contributed by atoms with E-state index in [4.69, 9.17) is 21.7 Å². The summed E-state index contributed by atoms with van der Waals surface area (Å²) in [5, 5.41) is 3.17. The molecule has 3 rings (SSSR count). The first kappa shape index (κ1) is 22.7. The number of nitrogens with one attached hydrogen (secondary N) is 4. The van der Waals surface area contributed by atoms with Crippen molar-refractivity contribution in [3.05, 3.63) is 53.8 Å². The Labute approximate surface area is 184 Å². The number of carbonyl (C=O) groups excluding carboxylic acids is 1. The third-order valence-corrected chi connectivity index (χ3v) is 5.93. The quantitative estimate of drug-likeness (QED) is 0.260. The maximum Gasteiger partial charge on any atom is 0.240 e. The molecule has 0 saturated carbocycles. The number of benzene rings is 2. The molecule has 12 heteroatoms. The van der Waals surface area contributed by atoms with Crippen molar-refractivity contribution < 1.29 is 27.1 Å². The van der Waals surface area contributed by atoms with Crippen LogP contribution in [-0.4, -0.2) is 32.8 Å². The Hall–Kier alpha value is -2.96. The van der Waals surface area contributed by atoms with Crippen molar-refractivity contribution in [1.82, 2.24) is 20.9 Å². The molecule has 0 saturated heterocycles. The van der Waals surface area contributed by atoms with Crippen LogP contribution in [0.2, 0.25) is 0 Å². The van der Waals surface area contributed by atoms with Crippen LogP contribution < -0.4 is 30.4 Å². The zero-order valence-electron chi connectivity index (χ0n) is 16.3. The van der Waals surface area contributed by atoms with Gasteiger partial charge in [0.15, 0.2) is 16.6 Å². The second-order valence-corrected chi connectivity index (χ2v) is 8.67. The molecule has 4 N–H and O–H groups in total. The predicted octanol–water partition coefficient (Wildman–Crippen LogP) is 1.31. The summed E-state index contributed by atoms with van der Waals surface area (Å²) < 4.78 is 50.0. The van der Waals surface area contributed by atoms with E-state index in [9.17, 15) is 17.6 Å². The van der Waals surface area contributed by atoms with Gasteiger partial charge in [-0.2, -0.15) is 0 Å². The summed E-state index contributed by atoms with van der Waals surface area (Å²) in [7, 11) is -3.75. The number of ether oxygens (including phenoxy) is 2. The minimum atomic E-state index is -3.75. The molecule has 0 bridgehead atoms. The number of fused-ring (bicyclic) bond motifs is 1. The standard InChI is InChI=1S/C19H21FN4O5S2/c20-14-4-6-15(7-5-14)31(26,27)22-9-1-2-18(25)23-24-19(30)21-11-13-3-8-16-17(10-13)29-12-28-16/h3-8,10,22H,1-2,9,11-12H2,(H,23,25)(H2,21,24,30). The van der Waals surface area contributed by atoms with Gasteiger partial charge in [0.25, 0.3) is 0 Å². The van der Waals surface area contributed by atoms with Crippen LogP contribution in [0.1, 0.15) is 18.4 Å². The van der Waals surface area contributed by atoms with Gasteiger partial charge < -0.3 is 14.8 Å². The van der Waals surface area contributed by atoms with Gasteiger partial charge in [0.1, 0.15) is 5.82 Å². The lowest BCUT2D eigenvalue weighted by Crippen LogP contribution is -2.46. The largest absolute Gasteiger partial charge is 0.454 e. The highest BCUT2D eigenvalue weighted by Gasteiger charge is 2.14. The normalized spacial score (nSPS) is 12.3. The van der Waals surface area contributed by atoms with E-state index in [1.54, 1.807) is 0 Å². The molecule has 1 amide bonds. The van der Waals surface area contributed by atoms with Crippen LogP contribution in [0.3, 0.4) is 0 Å². The number of hydrogen-bond donors (Lipinski definition) is 4. The molecular formula is C19H21FN4O5S2. The van der Waals surface area contributed by atoms with Crippen LogP contribution in [0.15, 0.2) is 47.4 Å². The van der Waals surface area contributed by atoms with E-state index in [0.29, 0.717) is 18.0 Å². The van der Waals surface area contributed by atoms with E-state index >= 15 is 0 Å². The van der Waals surface area contributed by atoms with Crippen LogP contribution in [-0.2, 0) is 21.4 Å². The molecule has 2 aromatic carbocycles. The molecule has 1 heterocycles. The van der Waals surface area contributed by atoms with E-state index in [0.717, 1.165) is 17.7 Å². The first-order valence-electron chi connectivity index (χ1n) is 9.30. The molecule has 9 nitrogen and oxygen atoms in total. The Morgan fingerprint density at radius 2 is 1.81 bits per heavy atom. The number of amides is 1. The van der Waals surface area contributed by atoms with Crippen molar-refractivity contribution in [3.8, 4) is 11.5 Å². The SMILES string of the molecule is O=C(CCCNS(=O)(=O)c1ccc(F)cc1)NNC(=S)NCc1ccc2c(c1)OCO2. The van der Waals surface area contributed by atoms with Crippen LogP contribution in [0.4, 0.5) is 4.39 Å². The van der Waals surface area contributed by atoms with E-state index < -0.39 is 15.8 Å².